The molecule has 0 bridgehead atoms. The van der Waals surface area contributed by atoms with E-state index in [0.717, 1.165) is 0 Å². The molecule has 0 aromatic rings. The van der Waals surface area contributed by atoms with Crippen molar-refractivity contribution in [3.05, 3.63) is 16.2 Å². The van der Waals surface area contributed by atoms with E-state index < -0.39 is 0 Å². The third-order valence-corrected chi connectivity index (χ3v) is 0. The predicted octanol–water partition coefficient (Wildman–Crippen LogP) is -0.0699. The normalized spacial score (nSPS) is 2.18. The third-order valence-electron chi connectivity index (χ3n) is 0. The largest absolute Gasteiger partial charge is 0.724 e. The standard InChI is InChI=1S/3CNO.CH4.Si/c3*2-1-3;;/h;;;1H4;/q3*-1;;. The molecule has 11 heavy (non-hydrogen) atoms. The molecule has 0 saturated heterocycles. The van der Waals surface area contributed by atoms with Crippen molar-refractivity contribution in [2.24, 2.45) is 0 Å². The van der Waals surface area contributed by atoms with Gasteiger partial charge in [-0.1, -0.05) is 7.43 Å². The molecular formula is C4H4N3O3Si-3. The van der Waals surface area contributed by atoms with Gasteiger partial charge in [0.05, 0.1) is 0 Å². The summed E-state index contributed by atoms with van der Waals surface area (Å²) in [5.74, 6) is 0. The second-order valence-electron chi connectivity index (χ2n) is 0.274. The van der Waals surface area contributed by atoms with Crippen LogP contribution in [0, 0.1) is 0 Å². The van der Waals surface area contributed by atoms with Crippen molar-refractivity contribution in [1.29, 1.82) is 0 Å². The van der Waals surface area contributed by atoms with Gasteiger partial charge in [-0.2, -0.15) is 0 Å². The molecule has 0 fully saturated rings. The molecule has 60 valence electrons. The summed E-state index contributed by atoms with van der Waals surface area (Å²) in [5.41, 5.74) is 0. The maximum absolute atomic E-state index is 8.24. The molecule has 7 heteroatoms. The summed E-state index contributed by atoms with van der Waals surface area (Å²) < 4.78 is 0. The molecule has 0 heterocycles. The number of hydrogen-bond acceptors (Lipinski definition) is 3. The first kappa shape index (κ1) is 34.4. The van der Waals surface area contributed by atoms with Gasteiger partial charge >= 0.3 is 0 Å². The van der Waals surface area contributed by atoms with E-state index in [9.17, 15) is 0 Å². The van der Waals surface area contributed by atoms with Crippen LogP contribution in [0.3, 0.4) is 0 Å². The lowest BCUT2D eigenvalue weighted by atomic mass is 11.7. The van der Waals surface area contributed by atoms with E-state index in [1.807, 2.05) is 0 Å². The Morgan fingerprint density at radius 3 is 0.727 bits per heavy atom. The number of carbonyl (C=O) groups excluding carboxylic acids is 3. The Labute approximate surface area is 68.2 Å². The summed E-state index contributed by atoms with van der Waals surface area (Å²) in [6.45, 7) is 0. The van der Waals surface area contributed by atoms with Gasteiger partial charge in [-0.05, 0) is 18.2 Å². The molecule has 0 atom stereocenters. The second-order valence-corrected chi connectivity index (χ2v) is 0.274. The Hall–Kier alpha value is -1.64. The molecule has 0 aliphatic rings. The Kier molecular flexibility index (Phi) is 769. The van der Waals surface area contributed by atoms with Crippen LogP contribution in [0.4, 0.5) is 0 Å². The molecule has 0 rings (SSSR count). The zero-order valence-corrected chi connectivity index (χ0v) is 5.57. The van der Waals surface area contributed by atoms with Crippen molar-refractivity contribution in [1.82, 2.24) is 0 Å². The maximum Gasteiger partial charge on any atom is 0 e. The van der Waals surface area contributed by atoms with Crippen molar-refractivity contribution in [3.63, 3.8) is 0 Å². The molecule has 0 aliphatic heterocycles. The summed E-state index contributed by atoms with van der Waals surface area (Å²) in [5, 5.41) is 20.3. The van der Waals surface area contributed by atoms with Crippen molar-refractivity contribution < 1.29 is 14.4 Å². The monoisotopic (exact) mass is 170 g/mol. The second kappa shape index (κ2) is 246. The highest BCUT2D eigenvalue weighted by Crippen LogP contribution is 0.955. The fourth-order valence-electron chi connectivity index (χ4n) is 0. The number of hydrogen-bond donors (Lipinski definition) is 0. The highest BCUT2D eigenvalue weighted by atomic mass is 28.1. The van der Waals surface area contributed by atoms with Crippen LogP contribution in [0.1, 0.15) is 7.43 Å². The first-order chi connectivity index (χ1) is 4.24. The average molecular weight is 170 g/mol. The van der Waals surface area contributed by atoms with Gasteiger partial charge in [0.1, 0.15) is 0 Å². The molecule has 6 nitrogen and oxygen atoms in total. The van der Waals surface area contributed by atoms with Gasteiger partial charge in [0.2, 0.25) is 0 Å². The van der Waals surface area contributed by atoms with Gasteiger partial charge in [-0.25, -0.2) is 0 Å². The molecule has 0 unspecified atom stereocenters. The molecular weight excluding hydrogens is 166 g/mol. The molecule has 0 amide bonds. The molecule has 0 N–H and O–H groups in total. The quantitative estimate of drug-likeness (QED) is 0.287. The van der Waals surface area contributed by atoms with Crippen molar-refractivity contribution in [2.45, 2.75) is 7.43 Å². The zero-order valence-electron chi connectivity index (χ0n) is 4.57. The highest BCUT2D eigenvalue weighted by molar-refractivity contribution is 5.75. The fraction of sp³-hybridized carbons (Fsp3) is 0.250. The molecule has 0 spiro atoms. The summed E-state index contributed by atoms with van der Waals surface area (Å²) in [4.78, 5) is 24.7. The van der Waals surface area contributed by atoms with Gasteiger partial charge in [0.15, 0.2) is 0 Å². The van der Waals surface area contributed by atoms with Crippen LogP contribution in [-0.4, -0.2) is 29.2 Å². The van der Waals surface area contributed by atoms with Gasteiger partial charge in [-0.3, -0.25) is 14.4 Å². The Morgan fingerprint density at radius 1 is 0.727 bits per heavy atom. The Balaban J connectivity index is -0.0000000150. The molecule has 4 radical (unpaired) electrons. The Bertz CT molecular complexity index is 112. The van der Waals surface area contributed by atoms with Crippen molar-refractivity contribution in [2.75, 3.05) is 0 Å². The fourth-order valence-corrected chi connectivity index (χ4v) is 0. The molecule has 0 saturated carbocycles. The lowest BCUT2D eigenvalue weighted by molar-refractivity contribution is 0.568. The third kappa shape index (κ3) is 125. The van der Waals surface area contributed by atoms with Crippen LogP contribution in [0.15, 0.2) is 0 Å². The number of nitrogens with zero attached hydrogens (tertiary/aromatic N) is 3. The van der Waals surface area contributed by atoms with E-state index in [1.54, 1.807) is 0 Å². The minimum absolute atomic E-state index is 0. The van der Waals surface area contributed by atoms with E-state index in [-0.39, 0.29) is 18.4 Å². The Morgan fingerprint density at radius 2 is 0.727 bits per heavy atom. The number of isocyanates is 3. The van der Waals surface area contributed by atoms with Crippen molar-refractivity contribution >= 4 is 29.2 Å². The topological polar surface area (TPSA) is 118 Å². The molecule has 0 aliphatic carbocycles. The van der Waals surface area contributed by atoms with Gasteiger partial charge in [0, 0.05) is 11.0 Å². The zero-order chi connectivity index (χ0) is 8.12. The molecule has 0 aromatic carbocycles. The number of rotatable bonds is 0. The summed E-state index contributed by atoms with van der Waals surface area (Å²) in [6.07, 6.45) is 1.50. The van der Waals surface area contributed by atoms with E-state index in [4.69, 9.17) is 30.6 Å². The smallest absolute Gasteiger partial charge is 0 e. The van der Waals surface area contributed by atoms with Crippen molar-refractivity contribution in [3.8, 4) is 0 Å². The van der Waals surface area contributed by atoms with Gasteiger partial charge in [-0.15, -0.1) is 0 Å². The minimum Gasteiger partial charge on any atom is -0.724 e. The van der Waals surface area contributed by atoms with Crippen LogP contribution in [0.5, 0.6) is 0 Å². The van der Waals surface area contributed by atoms with Crippen LogP contribution in [0.25, 0.3) is 16.2 Å². The van der Waals surface area contributed by atoms with E-state index in [2.05, 4.69) is 0 Å². The SMILES string of the molecule is C.[N-]=C=O.[N-]=C=O.[N-]=C=O.[Si]. The van der Waals surface area contributed by atoms with Crippen LogP contribution >= 0.6 is 0 Å². The minimum atomic E-state index is 0. The van der Waals surface area contributed by atoms with Crippen LogP contribution in [-0.2, 0) is 14.4 Å². The summed E-state index contributed by atoms with van der Waals surface area (Å²) >= 11 is 0. The van der Waals surface area contributed by atoms with Crippen LogP contribution in [0.2, 0.25) is 0 Å². The average Bonchev–Trinajstić information content (AvgIpc) is 1.70. The molecule has 0 aromatic heterocycles. The van der Waals surface area contributed by atoms with Gasteiger partial charge < -0.3 is 16.2 Å². The van der Waals surface area contributed by atoms with E-state index in [0.29, 0.717) is 18.2 Å². The highest BCUT2D eigenvalue weighted by Gasteiger charge is 0.796. The van der Waals surface area contributed by atoms with Crippen LogP contribution < -0.4 is 0 Å². The summed E-state index contributed by atoms with van der Waals surface area (Å²) in [7, 11) is 0. The first-order valence-electron chi connectivity index (χ1n) is 1.28. The van der Waals surface area contributed by atoms with E-state index >= 15 is 0 Å². The first-order valence-corrected chi connectivity index (χ1v) is 1.28. The lowest BCUT2D eigenvalue weighted by Crippen LogP contribution is -1.13. The predicted molar refractivity (Wildman–Crippen MR) is 39.6 cm³/mol. The summed E-state index contributed by atoms with van der Waals surface area (Å²) in [6, 6.07) is 0. The van der Waals surface area contributed by atoms with Gasteiger partial charge in [0.25, 0.3) is 0 Å². The van der Waals surface area contributed by atoms with E-state index in [1.165, 1.54) is 0 Å². The lowest BCUT2D eigenvalue weighted by Gasteiger charge is -1.32. The maximum atomic E-state index is 8.24.